The van der Waals surface area contributed by atoms with Crippen molar-refractivity contribution in [3.8, 4) is 11.1 Å². The van der Waals surface area contributed by atoms with Crippen LogP contribution < -0.4 is 5.32 Å². The second-order valence-electron chi connectivity index (χ2n) is 6.89. The summed E-state index contributed by atoms with van der Waals surface area (Å²) in [6.45, 7) is 3.34. The van der Waals surface area contributed by atoms with Gasteiger partial charge in [-0.1, -0.05) is 42.8 Å². The summed E-state index contributed by atoms with van der Waals surface area (Å²) in [5.74, 6) is 0.774. The maximum absolute atomic E-state index is 3.80. The molecular formula is C21H25N. The highest BCUT2D eigenvalue weighted by Crippen LogP contribution is 2.45. The van der Waals surface area contributed by atoms with E-state index in [1.54, 1.807) is 11.1 Å². The topological polar surface area (TPSA) is 12.0 Å². The van der Waals surface area contributed by atoms with E-state index >= 15 is 0 Å². The highest BCUT2D eigenvalue weighted by molar-refractivity contribution is 5.83. The molecule has 1 unspecified atom stereocenters. The summed E-state index contributed by atoms with van der Waals surface area (Å²) in [7, 11) is 0. The highest BCUT2D eigenvalue weighted by Gasteiger charge is 2.26. The van der Waals surface area contributed by atoms with Crippen molar-refractivity contribution in [3.63, 3.8) is 0 Å². The van der Waals surface area contributed by atoms with Crippen LogP contribution in [0.15, 0.2) is 36.4 Å². The lowest BCUT2D eigenvalue weighted by Crippen LogP contribution is -2.18. The fourth-order valence-corrected chi connectivity index (χ4v) is 4.34. The maximum atomic E-state index is 3.80. The summed E-state index contributed by atoms with van der Waals surface area (Å²) in [4.78, 5) is 0. The largest absolute Gasteiger partial charge is 0.384 e. The summed E-state index contributed by atoms with van der Waals surface area (Å²) in [5.41, 5.74) is 8.85. The third kappa shape index (κ3) is 2.33. The number of benzene rings is 2. The summed E-state index contributed by atoms with van der Waals surface area (Å²) in [6, 6.07) is 13.5. The molecule has 1 aliphatic carbocycles. The van der Waals surface area contributed by atoms with Gasteiger partial charge in [-0.3, -0.25) is 0 Å². The zero-order chi connectivity index (χ0) is 14.9. The van der Waals surface area contributed by atoms with Gasteiger partial charge in [0.25, 0.3) is 0 Å². The van der Waals surface area contributed by atoms with Gasteiger partial charge in [0, 0.05) is 17.8 Å². The number of hydrogen-bond acceptors (Lipinski definition) is 1. The van der Waals surface area contributed by atoms with Crippen LogP contribution in [0.3, 0.4) is 0 Å². The van der Waals surface area contributed by atoms with Crippen LogP contribution in [0.2, 0.25) is 0 Å². The minimum Gasteiger partial charge on any atom is -0.384 e. The quantitative estimate of drug-likeness (QED) is 0.713. The van der Waals surface area contributed by atoms with Gasteiger partial charge >= 0.3 is 0 Å². The molecule has 0 bridgehead atoms. The van der Waals surface area contributed by atoms with E-state index in [2.05, 4.69) is 48.6 Å². The van der Waals surface area contributed by atoms with E-state index in [-0.39, 0.29) is 0 Å². The number of rotatable bonds is 1. The van der Waals surface area contributed by atoms with Gasteiger partial charge in [-0.15, -0.1) is 0 Å². The van der Waals surface area contributed by atoms with Crippen molar-refractivity contribution >= 4 is 5.69 Å². The molecule has 114 valence electrons. The summed E-state index contributed by atoms with van der Waals surface area (Å²) in [6.07, 6.45) is 8.03. The van der Waals surface area contributed by atoms with Crippen molar-refractivity contribution in [3.05, 3.63) is 53.1 Å². The SMILES string of the molecule is Cc1ccccc1-c1ccc2c3c1NCCCCC3CCC2. The summed E-state index contributed by atoms with van der Waals surface area (Å²) in [5, 5.41) is 3.80. The van der Waals surface area contributed by atoms with Crippen LogP contribution in [0, 0.1) is 6.92 Å². The van der Waals surface area contributed by atoms with Gasteiger partial charge in [0.2, 0.25) is 0 Å². The number of hydrogen-bond donors (Lipinski definition) is 1. The minimum atomic E-state index is 0.774. The molecule has 0 radical (unpaired) electrons. The third-order valence-corrected chi connectivity index (χ3v) is 5.46. The van der Waals surface area contributed by atoms with Crippen LogP contribution in [0.25, 0.3) is 11.1 Å². The van der Waals surface area contributed by atoms with E-state index in [1.165, 1.54) is 60.9 Å². The van der Waals surface area contributed by atoms with Gasteiger partial charge in [-0.05, 0) is 67.2 Å². The molecule has 1 atom stereocenters. The van der Waals surface area contributed by atoms with E-state index in [0.29, 0.717) is 0 Å². The molecule has 0 saturated heterocycles. The van der Waals surface area contributed by atoms with Crippen molar-refractivity contribution in [1.82, 2.24) is 0 Å². The molecule has 1 nitrogen and oxygen atoms in total. The molecule has 1 heteroatoms. The number of aryl methyl sites for hydroxylation is 2. The van der Waals surface area contributed by atoms with Gasteiger partial charge in [-0.2, -0.15) is 0 Å². The van der Waals surface area contributed by atoms with Crippen LogP contribution in [0.4, 0.5) is 5.69 Å². The van der Waals surface area contributed by atoms with Crippen molar-refractivity contribution < 1.29 is 0 Å². The molecule has 1 aliphatic heterocycles. The zero-order valence-corrected chi connectivity index (χ0v) is 13.5. The Bertz CT molecular complexity index is 686. The Morgan fingerprint density at radius 3 is 2.68 bits per heavy atom. The maximum Gasteiger partial charge on any atom is 0.0458 e. The Labute approximate surface area is 133 Å². The van der Waals surface area contributed by atoms with Crippen LogP contribution in [-0.2, 0) is 6.42 Å². The molecule has 0 fully saturated rings. The monoisotopic (exact) mass is 291 g/mol. The summed E-state index contributed by atoms with van der Waals surface area (Å²) < 4.78 is 0. The van der Waals surface area contributed by atoms with Crippen LogP contribution in [0.1, 0.15) is 54.7 Å². The number of nitrogens with one attached hydrogen (secondary N) is 1. The van der Waals surface area contributed by atoms with Crippen LogP contribution in [0.5, 0.6) is 0 Å². The predicted octanol–water partition coefficient (Wildman–Crippen LogP) is 5.68. The zero-order valence-electron chi connectivity index (χ0n) is 13.5. The molecule has 0 aromatic heterocycles. The molecule has 2 aromatic rings. The standard InChI is InChI=1S/C21H25N/c1-15-7-2-3-11-18(15)19-13-12-17-10-6-9-16-8-4-5-14-22-21(19)20(16)17/h2-3,7,11-13,16,22H,4-6,8-10,14H2,1H3. The molecule has 1 N–H and O–H groups in total. The molecule has 0 saturated carbocycles. The van der Waals surface area contributed by atoms with Gasteiger partial charge in [0.05, 0.1) is 0 Å². The lowest BCUT2D eigenvalue weighted by molar-refractivity contribution is 0.494. The average Bonchev–Trinajstić information content (AvgIpc) is 2.52. The molecule has 4 rings (SSSR count). The first-order valence-corrected chi connectivity index (χ1v) is 8.80. The minimum absolute atomic E-state index is 0.774. The highest BCUT2D eigenvalue weighted by atomic mass is 14.9. The lowest BCUT2D eigenvalue weighted by Gasteiger charge is -2.32. The molecule has 1 heterocycles. The first kappa shape index (κ1) is 13.9. The molecule has 22 heavy (non-hydrogen) atoms. The second kappa shape index (κ2) is 5.79. The van der Waals surface area contributed by atoms with Gasteiger partial charge in [0.1, 0.15) is 0 Å². The first-order valence-electron chi connectivity index (χ1n) is 8.80. The molecule has 0 amide bonds. The van der Waals surface area contributed by atoms with Crippen molar-refractivity contribution in [2.45, 2.75) is 51.4 Å². The van der Waals surface area contributed by atoms with Crippen LogP contribution in [-0.4, -0.2) is 6.54 Å². The Morgan fingerprint density at radius 1 is 0.909 bits per heavy atom. The van der Waals surface area contributed by atoms with E-state index in [0.717, 1.165) is 12.5 Å². The van der Waals surface area contributed by atoms with Gasteiger partial charge in [-0.25, -0.2) is 0 Å². The molecular weight excluding hydrogens is 266 g/mol. The van der Waals surface area contributed by atoms with Gasteiger partial charge < -0.3 is 5.32 Å². The third-order valence-electron chi connectivity index (χ3n) is 5.46. The fourth-order valence-electron chi connectivity index (χ4n) is 4.34. The Kier molecular flexibility index (Phi) is 3.65. The van der Waals surface area contributed by atoms with E-state index in [9.17, 15) is 0 Å². The number of anilines is 1. The summed E-state index contributed by atoms with van der Waals surface area (Å²) >= 11 is 0. The Balaban J connectivity index is 1.92. The first-order chi connectivity index (χ1) is 10.8. The smallest absolute Gasteiger partial charge is 0.0458 e. The fraction of sp³-hybridized carbons (Fsp3) is 0.429. The van der Waals surface area contributed by atoms with E-state index in [4.69, 9.17) is 0 Å². The second-order valence-corrected chi connectivity index (χ2v) is 6.89. The van der Waals surface area contributed by atoms with E-state index < -0.39 is 0 Å². The lowest BCUT2D eigenvalue weighted by atomic mass is 9.77. The molecule has 2 aromatic carbocycles. The van der Waals surface area contributed by atoms with Crippen molar-refractivity contribution in [2.75, 3.05) is 11.9 Å². The molecule has 2 aliphatic rings. The van der Waals surface area contributed by atoms with E-state index in [1.807, 2.05) is 0 Å². The van der Waals surface area contributed by atoms with Crippen molar-refractivity contribution in [1.29, 1.82) is 0 Å². The van der Waals surface area contributed by atoms with Crippen LogP contribution >= 0.6 is 0 Å². The molecule has 0 spiro atoms. The Hall–Kier alpha value is -1.76. The van der Waals surface area contributed by atoms with Crippen molar-refractivity contribution in [2.24, 2.45) is 0 Å². The predicted molar refractivity (Wildman–Crippen MR) is 94.6 cm³/mol. The normalized spacial score (nSPS) is 20.5. The van der Waals surface area contributed by atoms with Gasteiger partial charge in [0.15, 0.2) is 0 Å². The average molecular weight is 291 g/mol. The Morgan fingerprint density at radius 2 is 1.77 bits per heavy atom.